The number of carboxylic acid groups (broad SMARTS) is 1. The van der Waals surface area contributed by atoms with Crippen LogP contribution in [0.4, 0.5) is 11.4 Å². The molecule has 2 aromatic carbocycles. The number of rotatable bonds is 5. The first-order valence-corrected chi connectivity index (χ1v) is 8.16. The Morgan fingerprint density at radius 3 is 2.48 bits per heavy atom. The van der Waals surface area contributed by atoms with Gasteiger partial charge in [-0.05, 0) is 23.8 Å². The molecule has 8 nitrogen and oxygen atoms in total. The lowest BCUT2D eigenvalue weighted by Gasteiger charge is -2.09. The van der Waals surface area contributed by atoms with Crippen LogP contribution in [0.1, 0.15) is 10.4 Å². The first-order valence-electron chi connectivity index (χ1n) is 6.27. The van der Waals surface area contributed by atoms with Crippen molar-refractivity contribution in [2.45, 2.75) is 0 Å². The molecule has 0 amide bonds. The number of nitro benzene ring substituents is 1. The maximum atomic E-state index is 11.3. The Bertz CT molecular complexity index is 892. The Labute approximate surface area is 131 Å². The molecule has 0 unspecified atom stereocenters. The summed E-state index contributed by atoms with van der Waals surface area (Å²) in [5.74, 6) is -1.24. The van der Waals surface area contributed by atoms with Gasteiger partial charge in [-0.2, -0.15) is 0 Å². The van der Waals surface area contributed by atoms with Crippen molar-refractivity contribution in [3.63, 3.8) is 0 Å². The van der Waals surface area contributed by atoms with Crippen molar-refractivity contribution in [3.05, 3.63) is 58.1 Å². The van der Waals surface area contributed by atoms with Crippen molar-refractivity contribution in [1.82, 2.24) is 0 Å². The van der Waals surface area contributed by atoms with E-state index < -0.39 is 20.9 Å². The summed E-state index contributed by atoms with van der Waals surface area (Å²) in [6, 6.07) is 9.35. The fourth-order valence-corrected chi connectivity index (χ4v) is 2.59. The van der Waals surface area contributed by atoms with Crippen molar-refractivity contribution < 1.29 is 23.2 Å². The molecule has 0 radical (unpaired) electrons. The molecule has 0 spiro atoms. The van der Waals surface area contributed by atoms with Crippen LogP contribution in [0.2, 0.25) is 0 Å². The summed E-state index contributed by atoms with van der Waals surface area (Å²) < 4.78 is 24.8. The first kappa shape index (κ1) is 16.4. The number of nitrogens with one attached hydrogen (secondary N) is 1. The second-order valence-corrected chi connectivity index (χ2v) is 6.50. The highest BCUT2D eigenvalue weighted by Gasteiger charge is 2.17. The number of nitro groups is 1. The summed E-state index contributed by atoms with van der Waals surface area (Å²) in [6.07, 6.45) is 0.982. The van der Waals surface area contributed by atoms with Crippen molar-refractivity contribution >= 4 is 27.4 Å². The van der Waals surface area contributed by atoms with E-state index in [1.807, 2.05) is 0 Å². The second-order valence-electron chi connectivity index (χ2n) is 4.75. The molecule has 2 rings (SSSR count). The summed E-state index contributed by atoms with van der Waals surface area (Å²) in [5.41, 5.74) is 0.329. The molecule has 2 N–H and O–H groups in total. The number of carboxylic acids is 1. The molecular weight excluding hydrogens is 324 g/mol. The SMILES string of the molecule is CS(=O)(=O)Nc1cccc(-c2cc([N+](=O)[O-])ccc2C(=O)O)c1. The predicted octanol–water partition coefficient (Wildman–Crippen LogP) is 2.33. The van der Waals surface area contributed by atoms with Gasteiger partial charge < -0.3 is 5.11 Å². The molecule has 120 valence electrons. The van der Waals surface area contributed by atoms with Crippen LogP contribution in [0.25, 0.3) is 11.1 Å². The fourth-order valence-electron chi connectivity index (χ4n) is 2.04. The lowest BCUT2D eigenvalue weighted by atomic mass is 9.98. The van der Waals surface area contributed by atoms with Crippen LogP contribution in [0.5, 0.6) is 0 Å². The van der Waals surface area contributed by atoms with E-state index in [1.54, 1.807) is 6.07 Å². The third-order valence-electron chi connectivity index (χ3n) is 2.92. The summed E-state index contributed by atoms with van der Waals surface area (Å²) >= 11 is 0. The molecule has 0 saturated heterocycles. The largest absolute Gasteiger partial charge is 0.478 e. The van der Waals surface area contributed by atoms with Gasteiger partial charge in [0.25, 0.3) is 5.69 Å². The average Bonchev–Trinajstić information content (AvgIpc) is 2.45. The summed E-state index contributed by atoms with van der Waals surface area (Å²) in [6.45, 7) is 0. The van der Waals surface area contributed by atoms with Crippen LogP contribution in [0, 0.1) is 10.1 Å². The molecule has 0 bridgehead atoms. The molecule has 23 heavy (non-hydrogen) atoms. The average molecular weight is 336 g/mol. The molecule has 9 heteroatoms. The summed E-state index contributed by atoms with van der Waals surface area (Å²) in [7, 11) is -3.50. The summed E-state index contributed by atoms with van der Waals surface area (Å²) in [4.78, 5) is 21.6. The minimum Gasteiger partial charge on any atom is -0.478 e. The maximum absolute atomic E-state index is 11.3. The van der Waals surface area contributed by atoms with Crippen LogP contribution in [0.3, 0.4) is 0 Å². The number of non-ortho nitro benzene ring substituents is 1. The van der Waals surface area contributed by atoms with E-state index in [0.29, 0.717) is 5.56 Å². The molecular formula is C14H12N2O6S. The van der Waals surface area contributed by atoms with E-state index in [0.717, 1.165) is 24.5 Å². The van der Waals surface area contributed by atoms with Crippen LogP contribution < -0.4 is 4.72 Å². The lowest BCUT2D eigenvalue weighted by molar-refractivity contribution is -0.384. The van der Waals surface area contributed by atoms with Crippen LogP contribution >= 0.6 is 0 Å². The third kappa shape index (κ3) is 4.04. The summed E-state index contributed by atoms with van der Waals surface area (Å²) in [5, 5.41) is 20.1. The topological polar surface area (TPSA) is 127 Å². The molecule has 2 aromatic rings. The fraction of sp³-hybridized carbons (Fsp3) is 0.0714. The van der Waals surface area contributed by atoms with Gasteiger partial charge in [0.15, 0.2) is 0 Å². The number of hydrogen-bond donors (Lipinski definition) is 2. The second kappa shape index (κ2) is 6.05. The van der Waals surface area contributed by atoms with Gasteiger partial charge in [-0.15, -0.1) is 0 Å². The van der Waals surface area contributed by atoms with Crippen molar-refractivity contribution in [2.75, 3.05) is 11.0 Å². The number of benzene rings is 2. The van der Waals surface area contributed by atoms with E-state index in [9.17, 15) is 28.4 Å². The predicted molar refractivity (Wildman–Crippen MR) is 84.0 cm³/mol. The molecule has 0 heterocycles. The van der Waals surface area contributed by atoms with Crippen molar-refractivity contribution in [2.24, 2.45) is 0 Å². The minimum absolute atomic E-state index is 0.118. The Kier molecular flexibility index (Phi) is 4.32. The van der Waals surface area contributed by atoms with Crippen LogP contribution in [0.15, 0.2) is 42.5 Å². The highest BCUT2D eigenvalue weighted by Crippen LogP contribution is 2.30. The van der Waals surface area contributed by atoms with Crippen molar-refractivity contribution in [3.8, 4) is 11.1 Å². The monoisotopic (exact) mass is 336 g/mol. The molecule has 0 fully saturated rings. The Hall–Kier alpha value is -2.94. The molecule has 0 saturated carbocycles. The van der Waals surface area contributed by atoms with E-state index in [1.165, 1.54) is 18.2 Å². The van der Waals surface area contributed by atoms with Gasteiger partial charge in [0.1, 0.15) is 0 Å². The zero-order valence-electron chi connectivity index (χ0n) is 11.9. The quantitative estimate of drug-likeness (QED) is 0.637. The Morgan fingerprint density at radius 2 is 1.91 bits per heavy atom. The number of hydrogen-bond acceptors (Lipinski definition) is 5. The lowest BCUT2D eigenvalue weighted by Crippen LogP contribution is -2.09. The number of carbonyl (C=O) groups is 1. The number of nitrogens with zero attached hydrogens (tertiary/aromatic N) is 1. The van der Waals surface area contributed by atoms with Gasteiger partial charge in [0.05, 0.1) is 16.7 Å². The highest BCUT2D eigenvalue weighted by atomic mass is 32.2. The molecule has 0 aliphatic rings. The van der Waals surface area contributed by atoms with E-state index in [-0.39, 0.29) is 22.5 Å². The van der Waals surface area contributed by atoms with E-state index >= 15 is 0 Å². The van der Waals surface area contributed by atoms with Gasteiger partial charge in [0.2, 0.25) is 10.0 Å². The minimum atomic E-state index is -3.50. The van der Waals surface area contributed by atoms with Gasteiger partial charge in [-0.3, -0.25) is 14.8 Å². The zero-order valence-corrected chi connectivity index (χ0v) is 12.7. The van der Waals surface area contributed by atoms with Gasteiger partial charge in [-0.1, -0.05) is 12.1 Å². The Morgan fingerprint density at radius 1 is 1.22 bits per heavy atom. The van der Waals surface area contributed by atoms with Gasteiger partial charge >= 0.3 is 5.97 Å². The molecule has 0 aliphatic heterocycles. The van der Waals surface area contributed by atoms with Crippen molar-refractivity contribution in [1.29, 1.82) is 0 Å². The smallest absolute Gasteiger partial charge is 0.336 e. The third-order valence-corrected chi connectivity index (χ3v) is 3.53. The highest BCUT2D eigenvalue weighted by molar-refractivity contribution is 7.92. The molecule has 0 aliphatic carbocycles. The molecule has 0 atom stereocenters. The normalized spacial score (nSPS) is 11.0. The van der Waals surface area contributed by atoms with E-state index in [2.05, 4.69) is 4.72 Å². The number of aromatic carboxylic acids is 1. The number of anilines is 1. The van der Waals surface area contributed by atoms with E-state index in [4.69, 9.17) is 0 Å². The van der Waals surface area contributed by atoms with Gasteiger partial charge in [-0.25, -0.2) is 13.2 Å². The first-order chi connectivity index (χ1) is 10.7. The standard InChI is InChI=1S/C14H12N2O6S/c1-23(21,22)15-10-4-2-3-9(7-10)13-8-11(16(19)20)5-6-12(13)14(17)18/h2-8,15H,1H3,(H,17,18). The Balaban J connectivity index is 2.60. The molecule has 0 aromatic heterocycles. The zero-order chi connectivity index (χ0) is 17.2. The maximum Gasteiger partial charge on any atom is 0.336 e. The van der Waals surface area contributed by atoms with Gasteiger partial charge in [0, 0.05) is 23.4 Å². The van der Waals surface area contributed by atoms with Crippen LogP contribution in [-0.2, 0) is 10.0 Å². The van der Waals surface area contributed by atoms with Crippen LogP contribution in [-0.4, -0.2) is 30.7 Å². The number of sulfonamides is 1.